The van der Waals surface area contributed by atoms with Gasteiger partial charge in [-0.1, -0.05) is 51.5 Å². The number of anilines is 2. The molecule has 0 atom stereocenters. The van der Waals surface area contributed by atoms with Gasteiger partial charge >= 0.3 is 0 Å². The zero-order chi connectivity index (χ0) is 26.9. The molecule has 0 unspecified atom stereocenters. The Balaban J connectivity index is 1.35. The van der Waals surface area contributed by atoms with E-state index in [1.807, 2.05) is 18.6 Å². The fraction of sp³-hybridized carbons (Fsp3) is 0.484. The minimum absolute atomic E-state index is 0.667. The molecule has 0 spiro atoms. The molecule has 1 saturated heterocycles. The van der Waals surface area contributed by atoms with E-state index in [2.05, 4.69) is 69.0 Å². The summed E-state index contributed by atoms with van der Waals surface area (Å²) in [5.74, 6) is 1.54. The van der Waals surface area contributed by atoms with E-state index in [4.69, 9.17) is 15.0 Å². The van der Waals surface area contributed by atoms with Gasteiger partial charge in [0, 0.05) is 56.4 Å². The van der Waals surface area contributed by atoms with Crippen LogP contribution in [0.1, 0.15) is 57.4 Å². The monoisotopic (exact) mass is 526 g/mol. The molecular formula is C31H42N8. The van der Waals surface area contributed by atoms with Gasteiger partial charge in [0.25, 0.3) is 0 Å². The Kier molecular flexibility index (Phi) is 9.38. The van der Waals surface area contributed by atoms with Gasteiger partial charge in [0.05, 0.1) is 12.9 Å². The highest BCUT2D eigenvalue weighted by Crippen LogP contribution is 2.27. The van der Waals surface area contributed by atoms with E-state index >= 15 is 0 Å². The third-order valence-electron chi connectivity index (χ3n) is 7.61. The second kappa shape index (κ2) is 13.5. The quantitative estimate of drug-likeness (QED) is 0.219. The summed E-state index contributed by atoms with van der Waals surface area (Å²) in [5.41, 5.74) is 5.05. The van der Waals surface area contributed by atoms with Gasteiger partial charge in [-0.3, -0.25) is 4.98 Å². The van der Waals surface area contributed by atoms with Crippen molar-refractivity contribution < 1.29 is 0 Å². The SMILES string of the molecule is CCCCCCCCCNc1nc(-c2ccc(N3CCN(C)CC3)cc2)nc2c1ncn2Cc1cccnc1. The molecule has 5 rings (SSSR count). The number of hydrogen-bond acceptors (Lipinski definition) is 7. The topological polar surface area (TPSA) is 75.0 Å². The molecular weight excluding hydrogens is 484 g/mol. The van der Waals surface area contributed by atoms with Crippen molar-refractivity contribution in [3.63, 3.8) is 0 Å². The minimum Gasteiger partial charge on any atom is -0.369 e. The standard InChI is InChI=1S/C31H42N8/c1-3-4-5-6-7-8-9-17-33-30-28-31(39(24-34-28)23-25-11-10-16-32-22-25)36-29(35-30)26-12-14-27(15-13-26)38-20-18-37(2)19-21-38/h10-16,22,24H,3-9,17-21,23H2,1-2H3,(H,33,35,36). The molecule has 8 heteroatoms. The van der Waals surface area contributed by atoms with Crippen molar-refractivity contribution in [1.29, 1.82) is 0 Å². The largest absolute Gasteiger partial charge is 0.369 e. The summed E-state index contributed by atoms with van der Waals surface area (Å²) < 4.78 is 2.09. The first kappa shape index (κ1) is 27.1. The highest BCUT2D eigenvalue weighted by Gasteiger charge is 2.17. The molecule has 1 fully saturated rings. The Bertz CT molecular complexity index is 1290. The Labute approximate surface area is 232 Å². The predicted octanol–water partition coefficient (Wildman–Crippen LogP) is 5.85. The van der Waals surface area contributed by atoms with Crippen molar-refractivity contribution in [3.8, 4) is 11.4 Å². The predicted molar refractivity (Wildman–Crippen MR) is 160 cm³/mol. The summed E-state index contributed by atoms with van der Waals surface area (Å²) in [4.78, 5) is 23.8. The maximum atomic E-state index is 5.01. The van der Waals surface area contributed by atoms with E-state index in [1.165, 1.54) is 44.2 Å². The molecule has 4 aromatic rings. The molecule has 0 bridgehead atoms. The van der Waals surface area contributed by atoms with E-state index in [9.17, 15) is 0 Å². The Morgan fingerprint density at radius 2 is 1.64 bits per heavy atom. The third kappa shape index (κ3) is 7.12. The van der Waals surface area contributed by atoms with E-state index in [-0.39, 0.29) is 0 Å². The lowest BCUT2D eigenvalue weighted by molar-refractivity contribution is 0.313. The first-order chi connectivity index (χ1) is 19.2. The number of benzene rings is 1. The highest BCUT2D eigenvalue weighted by atomic mass is 15.2. The number of unbranched alkanes of at least 4 members (excludes halogenated alkanes) is 6. The summed E-state index contributed by atoms with van der Waals surface area (Å²) in [7, 11) is 2.19. The number of likely N-dealkylation sites (N-methyl/N-ethyl adjacent to an activating group) is 1. The third-order valence-corrected chi connectivity index (χ3v) is 7.61. The van der Waals surface area contributed by atoms with Gasteiger partial charge in [-0.05, 0) is 49.4 Å². The summed E-state index contributed by atoms with van der Waals surface area (Å²) in [5, 5.41) is 3.59. The molecule has 1 aliphatic rings. The van der Waals surface area contributed by atoms with E-state index in [0.29, 0.717) is 6.54 Å². The second-order valence-corrected chi connectivity index (χ2v) is 10.7. The molecule has 0 amide bonds. The lowest BCUT2D eigenvalue weighted by Gasteiger charge is -2.34. The van der Waals surface area contributed by atoms with Crippen LogP contribution in [0.25, 0.3) is 22.6 Å². The van der Waals surface area contributed by atoms with Crippen molar-refractivity contribution in [3.05, 3.63) is 60.7 Å². The van der Waals surface area contributed by atoms with Gasteiger partial charge in [0.2, 0.25) is 0 Å². The number of piperazine rings is 1. The van der Waals surface area contributed by atoms with Gasteiger partial charge in [0.1, 0.15) is 5.52 Å². The fourth-order valence-electron chi connectivity index (χ4n) is 5.18. The maximum absolute atomic E-state index is 5.01. The zero-order valence-corrected chi connectivity index (χ0v) is 23.5. The van der Waals surface area contributed by atoms with Crippen LogP contribution in [0.3, 0.4) is 0 Å². The molecule has 1 aliphatic heterocycles. The van der Waals surface area contributed by atoms with Crippen LogP contribution >= 0.6 is 0 Å². The number of fused-ring (bicyclic) bond motifs is 1. The van der Waals surface area contributed by atoms with Crippen LogP contribution in [-0.2, 0) is 6.54 Å². The summed E-state index contributed by atoms with van der Waals surface area (Å²) in [6.07, 6.45) is 14.5. The molecule has 8 nitrogen and oxygen atoms in total. The van der Waals surface area contributed by atoms with Crippen molar-refractivity contribution in [2.75, 3.05) is 50.0 Å². The van der Waals surface area contributed by atoms with Crippen LogP contribution in [0.15, 0.2) is 55.1 Å². The second-order valence-electron chi connectivity index (χ2n) is 10.7. The van der Waals surface area contributed by atoms with Crippen molar-refractivity contribution in [2.45, 2.75) is 58.4 Å². The van der Waals surface area contributed by atoms with Crippen LogP contribution in [0.4, 0.5) is 11.5 Å². The molecule has 39 heavy (non-hydrogen) atoms. The van der Waals surface area contributed by atoms with Gasteiger partial charge < -0.3 is 19.7 Å². The van der Waals surface area contributed by atoms with E-state index < -0.39 is 0 Å². The molecule has 3 aromatic heterocycles. The molecule has 0 saturated carbocycles. The van der Waals surface area contributed by atoms with Crippen LogP contribution in [0.2, 0.25) is 0 Å². The van der Waals surface area contributed by atoms with Crippen molar-refractivity contribution in [2.24, 2.45) is 0 Å². The van der Waals surface area contributed by atoms with Gasteiger partial charge in [0.15, 0.2) is 17.3 Å². The number of nitrogens with one attached hydrogen (secondary N) is 1. The zero-order valence-electron chi connectivity index (χ0n) is 23.5. The average molecular weight is 527 g/mol. The number of nitrogens with zero attached hydrogens (tertiary/aromatic N) is 7. The molecule has 206 valence electrons. The van der Waals surface area contributed by atoms with Crippen LogP contribution in [0.5, 0.6) is 0 Å². The van der Waals surface area contributed by atoms with Crippen molar-refractivity contribution in [1.82, 2.24) is 29.4 Å². The number of imidazole rings is 1. The number of hydrogen-bond donors (Lipinski definition) is 1. The summed E-state index contributed by atoms with van der Waals surface area (Å²) in [6.45, 7) is 8.11. The number of pyridine rings is 1. The smallest absolute Gasteiger partial charge is 0.166 e. The molecule has 0 radical (unpaired) electrons. The number of rotatable bonds is 13. The minimum atomic E-state index is 0.667. The van der Waals surface area contributed by atoms with Crippen LogP contribution in [-0.4, -0.2) is 69.2 Å². The van der Waals surface area contributed by atoms with Gasteiger partial charge in [-0.2, -0.15) is 0 Å². The Morgan fingerprint density at radius 3 is 2.38 bits per heavy atom. The van der Waals surface area contributed by atoms with Crippen LogP contribution in [0, 0.1) is 0 Å². The average Bonchev–Trinajstić information content (AvgIpc) is 3.38. The molecule has 0 aliphatic carbocycles. The fourth-order valence-corrected chi connectivity index (χ4v) is 5.18. The molecule has 4 heterocycles. The first-order valence-corrected chi connectivity index (χ1v) is 14.6. The normalized spacial score (nSPS) is 14.3. The lowest BCUT2D eigenvalue weighted by atomic mass is 10.1. The maximum Gasteiger partial charge on any atom is 0.166 e. The lowest BCUT2D eigenvalue weighted by Crippen LogP contribution is -2.44. The van der Waals surface area contributed by atoms with Gasteiger partial charge in [-0.15, -0.1) is 0 Å². The van der Waals surface area contributed by atoms with E-state index in [0.717, 1.165) is 73.1 Å². The van der Waals surface area contributed by atoms with Crippen LogP contribution < -0.4 is 10.2 Å². The number of aromatic nitrogens is 5. The Morgan fingerprint density at radius 1 is 0.872 bits per heavy atom. The molecule has 1 N–H and O–H groups in total. The Hall–Kier alpha value is -3.52. The van der Waals surface area contributed by atoms with Crippen molar-refractivity contribution >= 4 is 22.7 Å². The van der Waals surface area contributed by atoms with Gasteiger partial charge in [-0.25, -0.2) is 15.0 Å². The van der Waals surface area contributed by atoms with E-state index in [1.54, 1.807) is 6.20 Å². The summed E-state index contributed by atoms with van der Waals surface area (Å²) >= 11 is 0. The molecule has 1 aromatic carbocycles. The first-order valence-electron chi connectivity index (χ1n) is 14.6. The highest BCUT2D eigenvalue weighted by molar-refractivity contribution is 5.85. The summed E-state index contributed by atoms with van der Waals surface area (Å²) in [6, 6.07) is 12.7.